The van der Waals surface area contributed by atoms with Crippen LogP contribution < -0.4 is 20.7 Å². The quantitative estimate of drug-likeness (QED) is 0.451. The monoisotopic (exact) mass is 447 g/mol. The molecule has 1 aromatic carbocycles. The van der Waals surface area contributed by atoms with Gasteiger partial charge in [-0.05, 0) is 30.5 Å². The molecule has 5 N–H and O–H groups in total. The molecule has 0 saturated carbocycles. The summed E-state index contributed by atoms with van der Waals surface area (Å²) >= 11 is 0. The number of anilines is 1. The van der Waals surface area contributed by atoms with Crippen LogP contribution in [0, 0.1) is 5.92 Å². The van der Waals surface area contributed by atoms with Gasteiger partial charge in [0.25, 0.3) is 0 Å². The van der Waals surface area contributed by atoms with Gasteiger partial charge in [0.15, 0.2) is 0 Å². The molecule has 2 aliphatic rings. The summed E-state index contributed by atoms with van der Waals surface area (Å²) in [5.41, 5.74) is 6.63. The molecule has 0 spiro atoms. The van der Waals surface area contributed by atoms with Crippen LogP contribution in [-0.4, -0.2) is 72.7 Å². The lowest BCUT2D eigenvalue weighted by atomic mass is 9.91. The largest absolute Gasteiger partial charge is 0.483 e. The summed E-state index contributed by atoms with van der Waals surface area (Å²) in [5.74, 6) is -0.443. The van der Waals surface area contributed by atoms with E-state index in [1.807, 2.05) is 32.0 Å². The first-order valence-corrected chi connectivity index (χ1v) is 11.0. The van der Waals surface area contributed by atoms with Crippen molar-refractivity contribution in [3.63, 3.8) is 0 Å². The number of primary amides is 1. The van der Waals surface area contributed by atoms with E-state index in [4.69, 9.17) is 15.2 Å². The first kappa shape index (κ1) is 24.0. The lowest BCUT2D eigenvalue weighted by Crippen LogP contribution is -2.49. The van der Waals surface area contributed by atoms with Crippen LogP contribution in [0.5, 0.6) is 5.75 Å². The average molecular weight is 448 g/mol. The molecule has 3 rings (SSSR count). The molecule has 4 unspecified atom stereocenters. The van der Waals surface area contributed by atoms with Crippen LogP contribution in [0.1, 0.15) is 26.7 Å². The van der Waals surface area contributed by atoms with Crippen molar-refractivity contribution in [2.45, 2.75) is 51.0 Å². The second-order valence-electron chi connectivity index (χ2n) is 8.69. The van der Waals surface area contributed by atoms with Crippen LogP contribution in [0.25, 0.3) is 0 Å². The fourth-order valence-corrected chi connectivity index (χ4v) is 3.90. The summed E-state index contributed by atoms with van der Waals surface area (Å²) in [5, 5.41) is 23.4. The molecule has 9 nitrogen and oxygen atoms in total. The van der Waals surface area contributed by atoms with Gasteiger partial charge in [-0.2, -0.15) is 0 Å². The third-order valence-electron chi connectivity index (χ3n) is 5.64. The minimum atomic E-state index is -1.19. The van der Waals surface area contributed by atoms with Crippen molar-refractivity contribution in [1.82, 2.24) is 5.32 Å². The lowest BCUT2D eigenvalue weighted by molar-refractivity contribution is -0.126. The van der Waals surface area contributed by atoms with Gasteiger partial charge in [-0.1, -0.05) is 19.9 Å². The van der Waals surface area contributed by atoms with E-state index in [0.717, 1.165) is 18.8 Å². The van der Waals surface area contributed by atoms with Crippen molar-refractivity contribution < 1.29 is 29.3 Å². The third-order valence-corrected chi connectivity index (χ3v) is 5.64. The van der Waals surface area contributed by atoms with E-state index in [-0.39, 0.29) is 17.9 Å². The number of benzene rings is 1. The predicted molar refractivity (Wildman–Crippen MR) is 119 cm³/mol. The number of aliphatic hydroxyl groups is 2. The Kier molecular flexibility index (Phi) is 8.11. The molecule has 2 amide bonds. The van der Waals surface area contributed by atoms with E-state index in [2.05, 4.69) is 10.2 Å². The van der Waals surface area contributed by atoms with Crippen LogP contribution in [0.3, 0.4) is 0 Å². The SMILES string of the molecule is CC(C)CC(NC(=O)C1=CC(Oc2cccc(N3CCOCC3)c2)C(O)C(O)C1)C(N)=O. The van der Waals surface area contributed by atoms with Gasteiger partial charge >= 0.3 is 0 Å². The Labute approximate surface area is 188 Å². The fraction of sp³-hybridized carbons (Fsp3) is 0.565. The number of hydrogen-bond acceptors (Lipinski definition) is 7. The Balaban J connectivity index is 1.73. The molecule has 4 atom stereocenters. The molecule has 1 heterocycles. The van der Waals surface area contributed by atoms with Gasteiger partial charge in [-0.25, -0.2) is 0 Å². The van der Waals surface area contributed by atoms with E-state index >= 15 is 0 Å². The molecule has 1 fully saturated rings. The summed E-state index contributed by atoms with van der Waals surface area (Å²) < 4.78 is 11.3. The maximum atomic E-state index is 12.8. The highest BCUT2D eigenvalue weighted by molar-refractivity contribution is 5.97. The van der Waals surface area contributed by atoms with Gasteiger partial charge in [-0.15, -0.1) is 0 Å². The maximum absolute atomic E-state index is 12.8. The number of carbonyl (C=O) groups excluding carboxylic acids is 2. The summed E-state index contributed by atoms with van der Waals surface area (Å²) in [6.45, 7) is 6.71. The van der Waals surface area contributed by atoms with Gasteiger partial charge in [-0.3, -0.25) is 9.59 Å². The van der Waals surface area contributed by atoms with Crippen LogP contribution >= 0.6 is 0 Å². The summed E-state index contributed by atoms with van der Waals surface area (Å²) in [7, 11) is 0. The number of carbonyl (C=O) groups is 2. The van der Waals surface area contributed by atoms with E-state index in [9.17, 15) is 19.8 Å². The molecule has 1 aromatic rings. The van der Waals surface area contributed by atoms with Crippen molar-refractivity contribution in [1.29, 1.82) is 0 Å². The lowest BCUT2D eigenvalue weighted by Gasteiger charge is -2.32. The zero-order valence-corrected chi connectivity index (χ0v) is 18.6. The first-order chi connectivity index (χ1) is 15.2. The number of nitrogens with zero attached hydrogens (tertiary/aromatic N) is 1. The normalized spacial score (nSPS) is 24.6. The van der Waals surface area contributed by atoms with E-state index in [1.54, 1.807) is 6.07 Å². The molecule has 0 bridgehead atoms. The van der Waals surface area contributed by atoms with Crippen molar-refractivity contribution in [3.05, 3.63) is 35.9 Å². The van der Waals surface area contributed by atoms with Gasteiger partial charge in [0, 0.05) is 36.8 Å². The number of ether oxygens (including phenoxy) is 2. The maximum Gasteiger partial charge on any atom is 0.247 e. The summed E-state index contributed by atoms with van der Waals surface area (Å²) in [4.78, 5) is 26.6. The molecular formula is C23H33N3O6. The molecule has 32 heavy (non-hydrogen) atoms. The van der Waals surface area contributed by atoms with Crippen LogP contribution in [-0.2, 0) is 14.3 Å². The highest BCUT2D eigenvalue weighted by Crippen LogP contribution is 2.27. The van der Waals surface area contributed by atoms with Gasteiger partial charge < -0.3 is 35.6 Å². The number of nitrogens with two attached hydrogens (primary N) is 1. The molecule has 9 heteroatoms. The topological polar surface area (TPSA) is 134 Å². The molecule has 0 aromatic heterocycles. The van der Waals surface area contributed by atoms with Crippen LogP contribution in [0.15, 0.2) is 35.9 Å². The zero-order chi connectivity index (χ0) is 23.3. The number of nitrogens with one attached hydrogen (secondary N) is 1. The molecule has 176 valence electrons. The van der Waals surface area contributed by atoms with E-state index in [0.29, 0.717) is 25.4 Å². The van der Waals surface area contributed by atoms with Crippen molar-refractivity contribution in [2.75, 3.05) is 31.2 Å². The van der Waals surface area contributed by atoms with Crippen molar-refractivity contribution in [2.24, 2.45) is 11.7 Å². The number of amides is 2. The van der Waals surface area contributed by atoms with E-state index in [1.165, 1.54) is 6.08 Å². The van der Waals surface area contributed by atoms with Gasteiger partial charge in [0.1, 0.15) is 24.0 Å². The van der Waals surface area contributed by atoms with Gasteiger partial charge in [0.2, 0.25) is 11.8 Å². The molecule has 1 saturated heterocycles. The average Bonchev–Trinajstić information content (AvgIpc) is 2.76. The molecule has 0 radical (unpaired) electrons. The second-order valence-corrected chi connectivity index (χ2v) is 8.69. The minimum absolute atomic E-state index is 0.0478. The number of aliphatic hydroxyl groups excluding tert-OH is 2. The summed E-state index contributed by atoms with van der Waals surface area (Å²) in [6, 6.07) is 6.64. The van der Waals surface area contributed by atoms with E-state index < -0.39 is 36.2 Å². The zero-order valence-electron chi connectivity index (χ0n) is 18.6. The Morgan fingerprint density at radius 2 is 2.00 bits per heavy atom. The Bertz CT molecular complexity index is 837. The highest BCUT2D eigenvalue weighted by Gasteiger charge is 2.35. The van der Waals surface area contributed by atoms with Crippen LogP contribution in [0.2, 0.25) is 0 Å². The second kappa shape index (κ2) is 10.8. The highest BCUT2D eigenvalue weighted by atomic mass is 16.5. The first-order valence-electron chi connectivity index (χ1n) is 11.0. The molecular weight excluding hydrogens is 414 g/mol. The Morgan fingerprint density at radius 3 is 2.66 bits per heavy atom. The molecule has 1 aliphatic heterocycles. The summed E-state index contributed by atoms with van der Waals surface area (Å²) in [6.07, 6.45) is -1.42. The molecule has 1 aliphatic carbocycles. The van der Waals surface area contributed by atoms with Crippen LogP contribution in [0.4, 0.5) is 5.69 Å². The Morgan fingerprint density at radius 1 is 1.28 bits per heavy atom. The van der Waals surface area contributed by atoms with Crippen molar-refractivity contribution in [3.8, 4) is 5.75 Å². The number of hydrogen-bond donors (Lipinski definition) is 4. The van der Waals surface area contributed by atoms with Crippen molar-refractivity contribution >= 4 is 17.5 Å². The standard InChI is InChI=1S/C23H33N3O6/c1-14(2)10-18(22(24)29)25-23(30)15-11-19(27)21(28)20(12-15)32-17-5-3-4-16(13-17)26-6-8-31-9-7-26/h3-5,12-14,18-21,27-28H,6-11H2,1-2H3,(H2,24,29)(H,25,30). The Hall–Kier alpha value is -2.62. The van der Waals surface area contributed by atoms with Gasteiger partial charge in [0.05, 0.1) is 19.3 Å². The fourth-order valence-electron chi connectivity index (χ4n) is 3.90. The number of morpholine rings is 1. The smallest absolute Gasteiger partial charge is 0.247 e. The predicted octanol–water partition coefficient (Wildman–Crippen LogP) is 0.339. The minimum Gasteiger partial charge on any atom is -0.483 e. The number of rotatable bonds is 8. The third kappa shape index (κ3) is 6.21.